The largest absolute Gasteiger partial charge is 0.305 e. The average molecular weight is 535 g/mol. The number of aryl methyl sites for hydroxylation is 3. The van der Waals surface area contributed by atoms with Gasteiger partial charge in [0.05, 0.1) is 0 Å². The van der Waals surface area contributed by atoms with Gasteiger partial charge in [-0.25, -0.2) is 0 Å². The maximum Gasteiger partial charge on any atom is 0.234 e. The van der Waals surface area contributed by atoms with Crippen LogP contribution in [0.25, 0.3) is 0 Å². The van der Waals surface area contributed by atoms with E-state index in [2.05, 4.69) is 137 Å². The van der Waals surface area contributed by atoms with E-state index in [1.54, 1.807) is 0 Å². The molecule has 35 heavy (non-hydrogen) atoms. The van der Waals surface area contributed by atoms with E-state index in [1.165, 1.54) is 32.6 Å². The highest BCUT2D eigenvalue weighted by molar-refractivity contribution is 7.84. The molecule has 180 valence electrons. The van der Waals surface area contributed by atoms with Gasteiger partial charge in [0.15, 0.2) is 0 Å². The summed E-state index contributed by atoms with van der Waals surface area (Å²) in [6, 6.07) is 34.5. The van der Waals surface area contributed by atoms with E-state index in [0.29, 0.717) is 0 Å². The summed E-state index contributed by atoms with van der Waals surface area (Å²) in [7, 11) is 4.22. The molecular formula is C30H33Cl2NSi2. The predicted molar refractivity (Wildman–Crippen MR) is 159 cm³/mol. The molecule has 0 aliphatic carbocycles. The van der Waals surface area contributed by atoms with Gasteiger partial charge in [-0.05, 0) is 72.3 Å². The molecule has 0 fully saturated rings. The Kier molecular flexibility index (Phi) is 7.75. The molecule has 0 saturated heterocycles. The monoisotopic (exact) mass is 533 g/mol. The standard InChI is InChI=1S/C30H33Cl2NSi2/c1-23-20-24(2)30(25(3)21-23)35(32,29-19-13-12-14-26(29)22-33(4)5)34(31,27-15-8-6-9-16-27)28-17-10-7-11-18-28/h6-21H,22H2,1-5H3. The van der Waals surface area contributed by atoms with Crippen molar-refractivity contribution in [1.82, 2.24) is 4.90 Å². The minimum absolute atomic E-state index is 0.812. The topological polar surface area (TPSA) is 3.24 Å². The van der Waals surface area contributed by atoms with Crippen LogP contribution >= 0.6 is 22.2 Å². The van der Waals surface area contributed by atoms with Gasteiger partial charge < -0.3 is 4.90 Å². The third-order valence-electron chi connectivity index (χ3n) is 6.71. The van der Waals surface area contributed by atoms with Crippen molar-refractivity contribution in [3.05, 3.63) is 119 Å². The molecule has 1 nitrogen and oxygen atoms in total. The van der Waals surface area contributed by atoms with Gasteiger partial charge in [-0.15, -0.1) is 0 Å². The second-order valence-electron chi connectivity index (χ2n) is 9.72. The molecule has 4 aromatic carbocycles. The van der Waals surface area contributed by atoms with Gasteiger partial charge in [0.1, 0.15) is 0 Å². The van der Waals surface area contributed by atoms with Crippen LogP contribution in [-0.4, -0.2) is 32.8 Å². The molecule has 0 aliphatic heterocycles. The molecule has 0 amide bonds. The van der Waals surface area contributed by atoms with Crippen LogP contribution in [0.5, 0.6) is 0 Å². The second kappa shape index (κ2) is 10.5. The lowest BCUT2D eigenvalue weighted by atomic mass is 10.1. The minimum Gasteiger partial charge on any atom is -0.305 e. The molecule has 1 unspecified atom stereocenters. The van der Waals surface area contributed by atoms with Crippen LogP contribution in [0, 0.1) is 20.8 Å². The summed E-state index contributed by atoms with van der Waals surface area (Å²) in [6.45, 7) is 1.22. The fourth-order valence-corrected chi connectivity index (χ4v) is 24.4. The van der Waals surface area contributed by atoms with Crippen molar-refractivity contribution in [1.29, 1.82) is 0 Å². The Bertz CT molecular complexity index is 1250. The molecule has 1 atom stereocenters. The summed E-state index contributed by atoms with van der Waals surface area (Å²) in [5.74, 6) is 0. The van der Waals surface area contributed by atoms with Gasteiger partial charge in [0.25, 0.3) is 0 Å². The molecule has 4 rings (SSSR count). The fourth-order valence-electron chi connectivity index (χ4n) is 5.45. The molecule has 0 aliphatic rings. The summed E-state index contributed by atoms with van der Waals surface area (Å²) >= 11 is 16.6. The van der Waals surface area contributed by atoms with Gasteiger partial charge in [-0.1, -0.05) is 103 Å². The van der Waals surface area contributed by atoms with E-state index in [4.69, 9.17) is 22.2 Å². The van der Waals surface area contributed by atoms with Crippen molar-refractivity contribution < 1.29 is 0 Å². The van der Waals surface area contributed by atoms with E-state index < -0.39 is 13.8 Å². The zero-order valence-corrected chi connectivity index (χ0v) is 24.7. The van der Waals surface area contributed by atoms with Crippen molar-refractivity contribution in [2.75, 3.05) is 14.1 Å². The van der Waals surface area contributed by atoms with Crippen LogP contribution in [0.15, 0.2) is 97.1 Å². The Morgan fingerprint density at radius 1 is 0.629 bits per heavy atom. The summed E-state index contributed by atoms with van der Waals surface area (Å²) in [5.41, 5.74) is 4.96. The van der Waals surface area contributed by atoms with Crippen molar-refractivity contribution in [2.45, 2.75) is 27.3 Å². The van der Waals surface area contributed by atoms with Crippen molar-refractivity contribution in [2.24, 2.45) is 0 Å². The van der Waals surface area contributed by atoms with Crippen molar-refractivity contribution in [3.8, 4) is 0 Å². The highest BCUT2D eigenvalue weighted by Crippen LogP contribution is 2.31. The maximum absolute atomic E-state index is 8.37. The first kappa shape index (κ1) is 25.9. The van der Waals surface area contributed by atoms with Gasteiger partial charge in [-0.2, -0.15) is 22.2 Å². The summed E-state index contributed by atoms with van der Waals surface area (Å²) in [5, 5.41) is 4.80. The first-order valence-corrected chi connectivity index (χ1v) is 19.0. The van der Waals surface area contributed by atoms with E-state index in [1.807, 2.05) is 0 Å². The first-order chi connectivity index (χ1) is 16.7. The fraction of sp³-hybridized carbons (Fsp3) is 0.200. The SMILES string of the molecule is Cc1cc(C)c([Si](Cl)(c2ccccc2CN(C)C)[Si](Cl)(c2ccccc2)c2ccccc2)c(C)c1. The molecule has 0 radical (unpaired) electrons. The zero-order chi connectivity index (χ0) is 25.2. The van der Waals surface area contributed by atoms with E-state index in [9.17, 15) is 0 Å². The highest BCUT2D eigenvalue weighted by Gasteiger charge is 2.60. The van der Waals surface area contributed by atoms with Gasteiger partial charge in [0.2, 0.25) is 13.8 Å². The van der Waals surface area contributed by atoms with Crippen LogP contribution in [0.3, 0.4) is 0 Å². The Morgan fingerprint density at radius 2 is 1.09 bits per heavy atom. The predicted octanol–water partition coefficient (Wildman–Crippen LogP) is 5.05. The van der Waals surface area contributed by atoms with Crippen LogP contribution in [0.4, 0.5) is 0 Å². The highest BCUT2D eigenvalue weighted by atomic mass is 35.6. The van der Waals surface area contributed by atoms with Crippen molar-refractivity contribution in [3.63, 3.8) is 0 Å². The molecular weight excluding hydrogens is 501 g/mol. The molecule has 0 bridgehead atoms. The summed E-state index contributed by atoms with van der Waals surface area (Å²) < 4.78 is 0. The molecule has 4 aromatic rings. The molecule has 0 spiro atoms. The Balaban J connectivity index is 2.19. The van der Waals surface area contributed by atoms with Crippen molar-refractivity contribution >= 4 is 56.7 Å². The zero-order valence-electron chi connectivity index (χ0n) is 21.1. The van der Waals surface area contributed by atoms with Crippen LogP contribution in [-0.2, 0) is 6.54 Å². The lowest BCUT2D eigenvalue weighted by Gasteiger charge is -2.43. The number of halogens is 2. The van der Waals surface area contributed by atoms with Gasteiger partial charge in [0, 0.05) is 6.54 Å². The lowest BCUT2D eigenvalue weighted by molar-refractivity contribution is 0.403. The molecule has 0 aromatic heterocycles. The van der Waals surface area contributed by atoms with Gasteiger partial charge in [-0.3, -0.25) is 0 Å². The number of hydrogen-bond donors (Lipinski definition) is 0. The number of rotatable bonds is 7. The number of benzene rings is 4. The van der Waals surface area contributed by atoms with Crippen LogP contribution in [0.2, 0.25) is 0 Å². The Morgan fingerprint density at radius 3 is 1.57 bits per heavy atom. The first-order valence-electron chi connectivity index (χ1n) is 12.0. The Hall–Kier alpha value is -2.15. The molecule has 0 N–H and O–H groups in total. The van der Waals surface area contributed by atoms with E-state index in [0.717, 1.165) is 16.9 Å². The smallest absolute Gasteiger partial charge is 0.234 e. The van der Waals surface area contributed by atoms with E-state index >= 15 is 0 Å². The quantitative estimate of drug-likeness (QED) is 0.237. The summed E-state index contributed by atoms with van der Waals surface area (Å²) in [4.78, 5) is 2.21. The molecule has 0 heterocycles. The third kappa shape index (κ3) is 4.68. The van der Waals surface area contributed by atoms with Crippen LogP contribution in [0.1, 0.15) is 22.3 Å². The average Bonchev–Trinajstić information content (AvgIpc) is 2.83. The number of hydrogen-bond acceptors (Lipinski definition) is 1. The minimum atomic E-state index is -3.11. The normalized spacial score (nSPS) is 13.6. The second-order valence-corrected chi connectivity index (χ2v) is 24.3. The van der Waals surface area contributed by atoms with Gasteiger partial charge >= 0.3 is 0 Å². The Labute approximate surface area is 221 Å². The van der Waals surface area contributed by atoms with E-state index in [-0.39, 0.29) is 0 Å². The molecule has 5 heteroatoms. The molecule has 0 saturated carbocycles. The third-order valence-corrected chi connectivity index (χ3v) is 27.2. The number of nitrogens with zero attached hydrogens (tertiary/aromatic N) is 1. The lowest BCUT2D eigenvalue weighted by Crippen LogP contribution is -2.81. The summed E-state index contributed by atoms with van der Waals surface area (Å²) in [6.07, 6.45) is 0. The van der Waals surface area contributed by atoms with Crippen LogP contribution < -0.4 is 20.7 Å². The maximum atomic E-state index is 8.37.